The van der Waals surface area contributed by atoms with Gasteiger partial charge in [0.15, 0.2) is 0 Å². The average molecular weight is 582 g/mol. The Hall–Kier alpha value is -3.30. The minimum atomic E-state index is -4.09. The van der Waals surface area contributed by atoms with E-state index in [1.54, 1.807) is 43.3 Å². The Bertz CT molecular complexity index is 1410. The molecule has 0 heterocycles. The Morgan fingerprint density at radius 1 is 0.925 bits per heavy atom. The summed E-state index contributed by atoms with van der Waals surface area (Å²) in [7, 11) is -4.09. The highest BCUT2D eigenvalue weighted by Crippen LogP contribution is 2.26. The lowest BCUT2D eigenvalue weighted by molar-refractivity contribution is -0.139. The van der Waals surface area contributed by atoms with Gasteiger partial charge in [-0.2, -0.15) is 0 Å². The summed E-state index contributed by atoms with van der Waals surface area (Å²) in [5, 5.41) is 2.96. The van der Waals surface area contributed by atoms with Crippen molar-refractivity contribution in [1.82, 2.24) is 10.2 Å². The number of benzene rings is 3. The fraction of sp³-hybridized carbons (Fsp3) is 0.355. The molecule has 7 nitrogen and oxygen atoms in total. The molecule has 0 aliphatic heterocycles. The van der Waals surface area contributed by atoms with Crippen LogP contribution >= 0.6 is 11.8 Å². The second-order valence-electron chi connectivity index (χ2n) is 9.96. The number of hydrogen-bond acceptors (Lipinski definition) is 5. The fourth-order valence-electron chi connectivity index (χ4n) is 4.13. The van der Waals surface area contributed by atoms with Crippen LogP contribution in [0.3, 0.4) is 0 Å². The van der Waals surface area contributed by atoms with Gasteiger partial charge in [-0.15, -0.1) is 11.8 Å². The van der Waals surface area contributed by atoms with E-state index >= 15 is 0 Å². The van der Waals surface area contributed by atoms with Gasteiger partial charge in [0.25, 0.3) is 10.0 Å². The van der Waals surface area contributed by atoms with Crippen LogP contribution in [0, 0.1) is 13.8 Å². The van der Waals surface area contributed by atoms with E-state index < -0.39 is 28.5 Å². The third kappa shape index (κ3) is 7.67. The van der Waals surface area contributed by atoms with E-state index in [0.717, 1.165) is 32.3 Å². The van der Waals surface area contributed by atoms with Gasteiger partial charge in [0, 0.05) is 17.5 Å². The molecule has 3 rings (SSSR count). The first-order valence-corrected chi connectivity index (χ1v) is 16.0. The fourth-order valence-corrected chi connectivity index (χ4v) is 5.96. The number of carbonyl (C=O) groups excluding carboxylic acids is 2. The monoisotopic (exact) mass is 581 g/mol. The molecular formula is C31H39N3O4S2. The van der Waals surface area contributed by atoms with E-state index in [-0.39, 0.29) is 23.4 Å². The zero-order valence-electron chi connectivity index (χ0n) is 24.0. The summed E-state index contributed by atoms with van der Waals surface area (Å²) in [5.41, 5.74) is 3.21. The molecule has 3 aromatic carbocycles. The van der Waals surface area contributed by atoms with Crippen LogP contribution in [0.5, 0.6) is 0 Å². The van der Waals surface area contributed by atoms with Gasteiger partial charge in [-0.1, -0.05) is 48.9 Å². The van der Waals surface area contributed by atoms with Crippen LogP contribution in [0.4, 0.5) is 5.69 Å². The smallest absolute Gasteiger partial charge is 0.264 e. The summed E-state index contributed by atoms with van der Waals surface area (Å²) < 4.78 is 29.0. The number of rotatable bonds is 12. The zero-order valence-corrected chi connectivity index (χ0v) is 25.7. The number of nitrogens with one attached hydrogen (secondary N) is 1. The summed E-state index contributed by atoms with van der Waals surface area (Å²) in [5.74, 6) is -0.756. The Labute approximate surface area is 243 Å². The molecule has 214 valence electrons. The summed E-state index contributed by atoms with van der Waals surface area (Å²) in [6.07, 6.45) is 2.67. The van der Waals surface area contributed by atoms with Gasteiger partial charge in [0.05, 0.1) is 10.6 Å². The SMILES string of the molecule is CCC(C)NC(=O)C(C)N(Cc1ccccc1C)C(=O)CN(c1ccc(C)cc1)S(=O)(=O)c1ccc(SC)cc1. The van der Waals surface area contributed by atoms with Gasteiger partial charge in [-0.05, 0) is 87.9 Å². The molecule has 0 radical (unpaired) electrons. The van der Waals surface area contributed by atoms with Crippen molar-refractivity contribution in [3.63, 3.8) is 0 Å². The Morgan fingerprint density at radius 2 is 1.55 bits per heavy atom. The minimum absolute atomic E-state index is 0.0564. The molecule has 40 heavy (non-hydrogen) atoms. The lowest BCUT2D eigenvalue weighted by Crippen LogP contribution is -2.52. The number of carbonyl (C=O) groups is 2. The maximum atomic E-state index is 14.0. The molecule has 0 aliphatic carbocycles. The van der Waals surface area contributed by atoms with E-state index in [0.29, 0.717) is 5.69 Å². The number of anilines is 1. The number of sulfonamides is 1. The Morgan fingerprint density at radius 3 is 2.12 bits per heavy atom. The molecular weight excluding hydrogens is 542 g/mol. The van der Waals surface area contributed by atoms with Crippen LogP contribution in [0.2, 0.25) is 0 Å². The summed E-state index contributed by atoms with van der Waals surface area (Å²) in [6.45, 7) is 9.14. The van der Waals surface area contributed by atoms with Gasteiger partial charge < -0.3 is 10.2 Å². The van der Waals surface area contributed by atoms with E-state index in [1.165, 1.54) is 16.7 Å². The Balaban J connectivity index is 2.03. The highest BCUT2D eigenvalue weighted by Gasteiger charge is 2.33. The summed E-state index contributed by atoms with van der Waals surface area (Å²) in [6, 6.07) is 20.4. The quantitative estimate of drug-likeness (QED) is 0.283. The third-order valence-corrected chi connectivity index (χ3v) is 9.55. The van der Waals surface area contributed by atoms with Gasteiger partial charge >= 0.3 is 0 Å². The van der Waals surface area contributed by atoms with Gasteiger partial charge in [-0.3, -0.25) is 13.9 Å². The van der Waals surface area contributed by atoms with Crippen molar-refractivity contribution in [2.75, 3.05) is 17.1 Å². The average Bonchev–Trinajstić information content (AvgIpc) is 2.95. The molecule has 2 amide bonds. The van der Waals surface area contributed by atoms with Crippen molar-refractivity contribution in [1.29, 1.82) is 0 Å². The van der Waals surface area contributed by atoms with Crippen molar-refractivity contribution < 1.29 is 18.0 Å². The topological polar surface area (TPSA) is 86.8 Å². The molecule has 0 aliphatic rings. The van der Waals surface area contributed by atoms with Crippen molar-refractivity contribution >= 4 is 39.3 Å². The normalized spacial score (nSPS) is 12.8. The largest absolute Gasteiger partial charge is 0.352 e. The van der Waals surface area contributed by atoms with Crippen molar-refractivity contribution in [3.8, 4) is 0 Å². The predicted octanol–water partition coefficient (Wildman–Crippen LogP) is 5.55. The number of hydrogen-bond donors (Lipinski definition) is 1. The van der Waals surface area contributed by atoms with Crippen LogP contribution in [-0.2, 0) is 26.2 Å². The Kier molecular flexibility index (Phi) is 10.8. The molecule has 0 saturated carbocycles. The van der Waals surface area contributed by atoms with E-state index in [2.05, 4.69) is 5.32 Å². The van der Waals surface area contributed by atoms with Crippen LogP contribution in [0.15, 0.2) is 82.6 Å². The van der Waals surface area contributed by atoms with Crippen molar-refractivity contribution in [3.05, 3.63) is 89.5 Å². The molecule has 3 aromatic rings. The summed E-state index contributed by atoms with van der Waals surface area (Å²) in [4.78, 5) is 29.7. The zero-order chi connectivity index (χ0) is 29.4. The lowest BCUT2D eigenvalue weighted by Gasteiger charge is -2.32. The van der Waals surface area contributed by atoms with E-state index in [1.807, 2.05) is 70.3 Å². The maximum absolute atomic E-state index is 14.0. The molecule has 0 aromatic heterocycles. The van der Waals surface area contributed by atoms with Crippen molar-refractivity contribution in [2.24, 2.45) is 0 Å². The number of aryl methyl sites for hydroxylation is 2. The molecule has 0 fully saturated rings. The van der Waals surface area contributed by atoms with E-state index in [9.17, 15) is 18.0 Å². The number of amides is 2. The number of thioether (sulfide) groups is 1. The molecule has 0 bridgehead atoms. The first-order chi connectivity index (χ1) is 19.0. The second-order valence-corrected chi connectivity index (χ2v) is 12.7. The number of nitrogens with zero attached hydrogens (tertiary/aromatic N) is 2. The van der Waals surface area contributed by atoms with Gasteiger partial charge in [-0.25, -0.2) is 8.42 Å². The second kappa shape index (κ2) is 13.9. The van der Waals surface area contributed by atoms with Crippen molar-refractivity contribution in [2.45, 2.75) is 69.5 Å². The predicted molar refractivity (Wildman–Crippen MR) is 163 cm³/mol. The van der Waals surface area contributed by atoms with Crippen LogP contribution < -0.4 is 9.62 Å². The van der Waals surface area contributed by atoms with E-state index in [4.69, 9.17) is 0 Å². The minimum Gasteiger partial charge on any atom is -0.352 e. The summed E-state index contributed by atoms with van der Waals surface area (Å²) >= 11 is 1.52. The molecule has 9 heteroatoms. The molecule has 1 N–H and O–H groups in total. The van der Waals surface area contributed by atoms with Gasteiger partial charge in [0.1, 0.15) is 12.6 Å². The highest BCUT2D eigenvalue weighted by atomic mass is 32.2. The van der Waals surface area contributed by atoms with Crippen LogP contribution in [-0.4, -0.2) is 50.0 Å². The third-order valence-electron chi connectivity index (χ3n) is 7.02. The first kappa shape index (κ1) is 31.2. The molecule has 2 unspecified atom stereocenters. The van der Waals surface area contributed by atoms with Crippen LogP contribution in [0.1, 0.15) is 43.9 Å². The van der Waals surface area contributed by atoms with Crippen LogP contribution in [0.25, 0.3) is 0 Å². The first-order valence-electron chi connectivity index (χ1n) is 13.4. The lowest BCUT2D eigenvalue weighted by atomic mass is 10.1. The molecule has 2 atom stereocenters. The molecule has 0 spiro atoms. The van der Waals surface area contributed by atoms with Gasteiger partial charge in [0.2, 0.25) is 11.8 Å². The highest BCUT2D eigenvalue weighted by molar-refractivity contribution is 7.98. The maximum Gasteiger partial charge on any atom is 0.264 e. The molecule has 0 saturated heterocycles. The standard InChI is InChI=1S/C31H39N3O4S2/c1-7-24(4)32-31(36)25(5)33(20-26-11-9-8-10-23(26)3)30(35)21-34(27-14-12-22(2)13-15-27)40(37,38)29-18-16-28(39-6)17-19-29/h8-19,24-25H,7,20-21H2,1-6H3,(H,32,36).